The molecular weight excluding hydrogens is 1530 g/mol. The van der Waals surface area contributed by atoms with Gasteiger partial charge in [0.2, 0.25) is 12.2 Å². The molecule has 0 bridgehead atoms. The maximum Gasteiger partial charge on any atom is 0.317 e. The van der Waals surface area contributed by atoms with Gasteiger partial charge >= 0.3 is 5.97 Å². The number of hydrogen-bond donors (Lipinski definition) is 19. The first-order valence-electron chi connectivity index (χ1n) is 42.0. The largest absolute Gasteiger partial charge is 0.432 e. The van der Waals surface area contributed by atoms with Crippen LogP contribution in [0.4, 0.5) is 0 Å². The predicted molar refractivity (Wildman–Crippen MR) is 395 cm³/mol. The first kappa shape index (κ1) is 92.3. The minimum absolute atomic E-state index is 0.0398. The Labute approximate surface area is 675 Å². The smallest absolute Gasteiger partial charge is 0.317 e. The fourth-order valence-electron chi connectivity index (χ4n) is 21.8. The van der Waals surface area contributed by atoms with Crippen molar-refractivity contribution < 1.29 is 173 Å². The number of carbonyl (C=O) groups excluding carboxylic acids is 3. The van der Waals surface area contributed by atoms with Crippen molar-refractivity contribution in [1.82, 2.24) is 5.32 Å². The average molecular weight is 1670 g/mol. The van der Waals surface area contributed by atoms with E-state index in [4.69, 9.17) is 66.3 Å². The van der Waals surface area contributed by atoms with Crippen molar-refractivity contribution in [2.24, 2.45) is 50.2 Å². The summed E-state index contributed by atoms with van der Waals surface area (Å²) < 4.78 is 85.3. The SMILES string of the molecule is CCCCCCCCCCCC(=O)N[C@@H]1C(O)C(O[C@@H]2OC(C)[C@H](O[C@@H]3OC[C@@H](O)C(O[C@@H]4OC[C@@](O)(CO)C4O)C3O)C(O)C2O)[C@H](OC(=O)[C@]23CCC(C)(C)CC2C2=CCC4C5(C)CC[C@H](O[C@@H]6OC[C@@H](O)[C@H](O[C@@H]7OC[C@@H](O)[C@H](O)C7O)C6O[C@@H]6OC(CO)[C@H](O)[C@H](O)C6O)C(C)(C=O)[C@@H]5CC[C@@]4(C)C2(C)C[C@H]3O)O[C@@H]1CO. The molecule has 5 aliphatic carbocycles. The average Bonchev–Trinajstić information content (AvgIpc) is 0.814. The monoisotopic (exact) mass is 1670 g/mol. The number of fused-ring (bicyclic) bond motifs is 7. The summed E-state index contributed by atoms with van der Waals surface area (Å²) in [5.74, 6) is -2.69. The molecule has 17 unspecified atom stereocenters. The summed E-state index contributed by atoms with van der Waals surface area (Å²) in [5.41, 5.74) is -6.70. The topological polar surface area (TPSA) is 557 Å². The fourth-order valence-corrected chi connectivity index (χ4v) is 21.8. The van der Waals surface area contributed by atoms with Gasteiger partial charge in [0.25, 0.3) is 0 Å². The lowest BCUT2D eigenvalue weighted by molar-refractivity contribution is -0.384. The molecule has 11 fully saturated rings. The maximum absolute atomic E-state index is 16.2. The van der Waals surface area contributed by atoms with Gasteiger partial charge in [-0.25, -0.2) is 0 Å². The molecular formula is C80H131NO35. The Morgan fingerprint density at radius 2 is 1.11 bits per heavy atom. The second-order valence-electron chi connectivity index (χ2n) is 37.0. The summed E-state index contributed by atoms with van der Waals surface area (Å²) in [5, 5.41) is 204. The molecule has 36 heteroatoms. The van der Waals surface area contributed by atoms with Crippen LogP contribution in [0, 0.1) is 50.2 Å². The Hall–Kier alpha value is -2.89. The van der Waals surface area contributed by atoms with E-state index in [-0.39, 0.29) is 31.6 Å². The van der Waals surface area contributed by atoms with Crippen LogP contribution in [0.3, 0.4) is 0 Å². The summed E-state index contributed by atoms with van der Waals surface area (Å²) in [6.07, 6.45) is -35.7. The number of unbranched alkanes of at least 4 members (excludes halogenated alkanes) is 8. The van der Waals surface area contributed by atoms with Gasteiger partial charge < -0.3 is 168 Å². The van der Waals surface area contributed by atoms with Crippen molar-refractivity contribution in [2.45, 2.75) is 373 Å². The van der Waals surface area contributed by atoms with Gasteiger partial charge in [-0.3, -0.25) is 9.59 Å². The molecule has 40 atom stereocenters. The molecule has 36 nitrogen and oxygen atoms in total. The van der Waals surface area contributed by atoms with Gasteiger partial charge in [-0.2, -0.15) is 0 Å². The molecule has 7 heterocycles. The number of esters is 1. The van der Waals surface area contributed by atoms with Crippen LogP contribution in [0.1, 0.15) is 177 Å². The highest BCUT2D eigenvalue weighted by atomic mass is 16.8. The number of aliphatic hydroxyl groups excluding tert-OH is 17. The van der Waals surface area contributed by atoms with Crippen molar-refractivity contribution in [1.29, 1.82) is 0 Å². The predicted octanol–water partition coefficient (Wildman–Crippen LogP) is -2.78. The van der Waals surface area contributed by atoms with E-state index in [0.717, 1.165) is 56.8 Å². The van der Waals surface area contributed by atoms with Crippen LogP contribution >= 0.6 is 0 Å². The lowest BCUT2D eigenvalue weighted by atomic mass is 9.33. The molecule has 116 heavy (non-hydrogen) atoms. The Morgan fingerprint density at radius 3 is 1.77 bits per heavy atom. The maximum atomic E-state index is 16.2. The third-order valence-electron chi connectivity index (χ3n) is 29.1. The van der Waals surface area contributed by atoms with E-state index >= 15 is 4.79 Å². The standard InChI is InChI=1S/C80H131NO35/c1-9-10-11-12-13-14-15-16-17-18-49(90)81-50-43(29-82)108-71(63(53(50)93)114-68-58(98)55(95)60(37(2)107-68)111-67-59(99)61(41(87)32-104-67)112-72-65(100)79(102,35-85)36-106-72)116-73(101)80-26-25-74(3,4)27-39(80)38-19-20-46-75(5)23-22-48(76(6,34-84)45(75)21-24-77(46,7)78(38,8)28-47(80)89)110-70-64(115-69-57(97)54(94)52(92)44(30-83)109-69)62(42(88)33-105-70)113-66-56(96)51(91)40(86)31-103-66/h19,34,37,39-48,50-72,82-83,85-89,91-100,102H,9-18,20-33,35-36H2,1-8H3,(H,81,90)/t37?,39?,40-,41-,42-,43-,44?,45-,46?,47-,48+,50+,51+,52+,53?,54+,55?,56?,57?,58?,59?,60+,61?,62+,63?,64?,65?,66+,67+,68+,69+,70+,71+,72+,75?,76?,77-,78?,79+,80-/m1/s1. The van der Waals surface area contributed by atoms with E-state index in [9.17, 15) is 102 Å². The number of hydrogen-bond acceptors (Lipinski definition) is 35. The number of ether oxygens (including phenoxy) is 14. The molecule has 0 spiro atoms. The number of aliphatic hydroxyl groups is 18. The molecule has 1 amide bonds. The fraction of sp³-hybridized carbons (Fsp3) is 0.938. The van der Waals surface area contributed by atoms with Crippen LogP contribution in [0.15, 0.2) is 11.6 Å². The minimum Gasteiger partial charge on any atom is -0.432 e. The quantitative estimate of drug-likeness (QED) is 0.0118. The highest BCUT2D eigenvalue weighted by Crippen LogP contribution is 2.76. The van der Waals surface area contributed by atoms with Crippen molar-refractivity contribution in [3.63, 3.8) is 0 Å². The molecule has 12 aliphatic rings. The number of nitrogens with one attached hydrogen (secondary N) is 1. The van der Waals surface area contributed by atoms with Crippen molar-refractivity contribution in [3.05, 3.63) is 11.6 Å². The molecule has 7 aliphatic heterocycles. The number of aldehydes is 1. The Balaban J connectivity index is 0.790. The van der Waals surface area contributed by atoms with Crippen molar-refractivity contribution in [2.75, 3.05) is 46.2 Å². The van der Waals surface area contributed by atoms with Gasteiger partial charge in [0.05, 0.1) is 76.0 Å². The summed E-state index contributed by atoms with van der Waals surface area (Å²) in [7, 11) is 0. The van der Waals surface area contributed by atoms with Gasteiger partial charge in [-0.05, 0) is 111 Å². The highest BCUT2D eigenvalue weighted by molar-refractivity contribution is 5.80. The zero-order chi connectivity index (χ0) is 84.3. The number of allylic oxidation sites excluding steroid dienone is 2. The van der Waals surface area contributed by atoms with Crippen LogP contribution < -0.4 is 5.32 Å². The second-order valence-corrected chi connectivity index (χ2v) is 37.0. The molecule has 19 N–H and O–H groups in total. The summed E-state index contributed by atoms with van der Waals surface area (Å²) >= 11 is 0. The summed E-state index contributed by atoms with van der Waals surface area (Å²) in [6.45, 7) is 11.5. The minimum atomic E-state index is -2.11. The first-order chi connectivity index (χ1) is 54.8. The van der Waals surface area contributed by atoms with Crippen LogP contribution in [0.25, 0.3) is 0 Å². The van der Waals surface area contributed by atoms with Gasteiger partial charge in [0.15, 0.2) is 43.8 Å². The van der Waals surface area contributed by atoms with Gasteiger partial charge in [-0.15, -0.1) is 0 Å². The van der Waals surface area contributed by atoms with Crippen LogP contribution in [0.5, 0.6) is 0 Å². The molecule has 0 aromatic carbocycles. The van der Waals surface area contributed by atoms with E-state index in [1.807, 2.05) is 6.92 Å². The first-order valence-corrected chi connectivity index (χ1v) is 42.0. The lowest BCUT2D eigenvalue weighted by Crippen LogP contribution is -2.70. The van der Waals surface area contributed by atoms with Crippen molar-refractivity contribution >= 4 is 18.2 Å². The van der Waals surface area contributed by atoms with E-state index in [0.29, 0.717) is 44.9 Å². The summed E-state index contributed by atoms with van der Waals surface area (Å²) in [6, 6.07) is -1.44. The molecule has 7 saturated heterocycles. The number of rotatable bonds is 29. The number of carbonyl (C=O) groups is 3. The second kappa shape index (κ2) is 37.1. The molecule has 666 valence electrons. The third-order valence-corrected chi connectivity index (χ3v) is 29.1. The highest BCUT2D eigenvalue weighted by Gasteiger charge is 2.73. The van der Waals surface area contributed by atoms with Crippen LogP contribution in [0.2, 0.25) is 0 Å². The molecule has 0 radical (unpaired) electrons. The Morgan fingerprint density at radius 1 is 0.534 bits per heavy atom. The van der Waals surface area contributed by atoms with E-state index in [1.54, 1.807) is 0 Å². The zero-order valence-electron chi connectivity index (χ0n) is 67.7. The van der Waals surface area contributed by atoms with E-state index in [2.05, 4.69) is 52.9 Å². The molecule has 4 saturated carbocycles. The van der Waals surface area contributed by atoms with Gasteiger partial charge in [-0.1, -0.05) is 111 Å². The van der Waals surface area contributed by atoms with Crippen molar-refractivity contribution in [3.8, 4) is 0 Å². The Bertz CT molecular complexity index is 3290. The molecule has 12 rings (SSSR count). The molecule has 0 aromatic heterocycles. The van der Waals surface area contributed by atoms with E-state index < -0.39 is 299 Å². The Kier molecular flexibility index (Phi) is 29.5. The van der Waals surface area contributed by atoms with E-state index in [1.165, 1.54) is 13.3 Å². The van der Waals surface area contributed by atoms with Gasteiger partial charge in [0.1, 0.15) is 133 Å². The zero-order valence-corrected chi connectivity index (χ0v) is 67.7. The lowest BCUT2D eigenvalue weighted by Gasteiger charge is -2.71. The van der Waals surface area contributed by atoms with Crippen LogP contribution in [-0.4, -0.2) is 352 Å². The summed E-state index contributed by atoms with van der Waals surface area (Å²) in [4.78, 5) is 44.4. The van der Waals surface area contributed by atoms with Crippen LogP contribution in [-0.2, 0) is 80.7 Å². The number of amides is 1. The normalized spacial score (nSPS) is 50.2. The van der Waals surface area contributed by atoms with Gasteiger partial charge in [0, 0.05) is 6.42 Å². The third kappa shape index (κ3) is 17.4. The molecule has 0 aromatic rings.